The molecule has 0 radical (unpaired) electrons. The Balaban J connectivity index is 2.62. The second kappa shape index (κ2) is 6.35. The van der Waals surface area contributed by atoms with E-state index in [0.717, 1.165) is 5.56 Å². The molecule has 0 saturated heterocycles. The lowest BCUT2D eigenvalue weighted by molar-refractivity contribution is -0.143. The van der Waals surface area contributed by atoms with E-state index in [1.807, 2.05) is 6.92 Å². The summed E-state index contributed by atoms with van der Waals surface area (Å²) in [5, 5.41) is 0.503. The van der Waals surface area contributed by atoms with E-state index >= 15 is 0 Å². The zero-order chi connectivity index (χ0) is 12.0. The van der Waals surface area contributed by atoms with Crippen LogP contribution in [0.15, 0.2) is 18.2 Å². The standard InChI is InChI=1S/C11H14ClNO3/c1-2-15-10-4-3-8(5-9(10)12)7-16-11(14)6-13/h3-5H,2,6-7,13H2,1H3. The van der Waals surface area contributed by atoms with Gasteiger partial charge in [-0.3, -0.25) is 4.79 Å². The number of esters is 1. The number of hydrogen-bond acceptors (Lipinski definition) is 4. The Bertz CT molecular complexity index is 368. The highest BCUT2D eigenvalue weighted by molar-refractivity contribution is 6.32. The van der Waals surface area contributed by atoms with Gasteiger partial charge >= 0.3 is 5.97 Å². The van der Waals surface area contributed by atoms with Crippen molar-refractivity contribution < 1.29 is 14.3 Å². The largest absolute Gasteiger partial charge is 0.492 e. The molecule has 0 fully saturated rings. The Morgan fingerprint density at radius 2 is 2.25 bits per heavy atom. The predicted octanol–water partition coefficient (Wildman–Crippen LogP) is 1.74. The number of carbonyl (C=O) groups excluding carboxylic acids is 1. The molecule has 1 aromatic rings. The van der Waals surface area contributed by atoms with Crippen molar-refractivity contribution in [3.63, 3.8) is 0 Å². The van der Waals surface area contributed by atoms with Crippen LogP contribution in [-0.4, -0.2) is 19.1 Å². The van der Waals surface area contributed by atoms with Gasteiger partial charge in [0.2, 0.25) is 0 Å². The molecule has 0 aliphatic carbocycles. The van der Waals surface area contributed by atoms with Crippen LogP contribution in [0.2, 0.25) is 5.02 Å². The van der Waals surface area contributed by atoms with Gasteiger partial charge in [-0.25, -0.2) is 0 Å². The van der Waals surface area contributed by atoms with Crippen LogP contribution in [0.1, 0.15) is 12.5 Å². The summed E-state index contributed by atoms with van der Waals surface area (Å²) in [6, 6.07) is 5.24. The van der Waals surface area contributed by atoms with E-state index in [-0.39, 0.29) is 13.2 Å². The maximum Gasteiger partial charge on any atom is 0.320 e. The number of halogens is 1. The SMILES string of the molecule is CCOc1ccc(COC(=O)CN)cc1Cl. The molecule has 0 bridgehead atoms. The van der Waals surface area contributed by atoms with Crippen molar-refractivity contribution in [2.45, 2.75) is 13.5 Å². The summed E-state index contributed by atoms with van der Waals surface area (Å²) in [4.78, 5) is 10.8. The Morgan fingerprint density at radius 3 is 2.81 bits per heavy atom. The summed E-state index contributed by atoms with van der Waals surface area (Å²) in [6.45, 7) is 2.49. The molecule has 0 amide bonds. The quantitative estimate of drug-likeness (QED) is 0.801. The number of ether oxygens (including phenoxy) is 2. The van der Waals surface area contributed by atoms with Gasteiger partial charge in [-0.05, 0) is 24.6 Å². The van der Waals surface area contributed by atoms with Gasteiger partial charge in [0, 0.05) is 0 Å². The summed E-state index contributed by atoms with van der Waals surface area (Å²) in [5.41, 5.74) is 5.91. The molecule has 0 aliphatic heterocycles. The lowest BCUT2D eigenvalue weighted by Gasteiger charge is -2.08. The summed E-state index contributed by atoms with van der Waals surface area (Å²) >= 11 is 5.97. The van der Waals surface area contributed by atoms with Crippen LogP contribution in [-0.2, 0) is 16.1 Å². The average molecular weight is 244 g/mol. The maximum atomic E-state index is 10.8. The van der Waals surface area contributed by atoms with Crippen molar-refractivity contribution in [3.8, 4) is 5.75 Å². The highest BCUT2D eigenvalue weighted by Gasteiger charge is 2.04. The first-order valence-electron chi connectivity index (χ1n) is 4.94. The molecule has 88 valence electrons. The van der Waals surface area contributed by atoms with Gasteiger partial charge in [0.05, 0.1) is 18.2 Å². The summed E-state index contributed by atoms with van der Waals surface area (Å²) in [6.07, 6.45) is 0. The predicted molar refractivity (Wildman–Crippen MR) is 61.5 cm³/mol. The van der Waals surface area contributed by atoms with E-state index in [4.69, 9.17) is 26.8 Å². The molecule has 0 aliphatic rings. The first kappa shape index (κ1) is 12.8. The van der Waals surface area contributed by atoms with Crippen molar-refractivity contribution in [2.75, 3.05) is 13.2 Å². The minimum absolute atomic E-state index is 0.120. The molecule has 1 rings (SSSR count). The molecule has 0 atom stereocenters. The lowest BCUT2D eigenvalue weighted by atomic mass is 10.2. The molecule has 1 aromatic carbocycles. The van der Waals surface area contributed by atoms with E-state index in [0.29, 0.717) is 17.4 Å². The number of carbonyl (C=O) groups is 1. The van der Waals surface area contributed by atoms with E-state index in [9.17, 15) is 4.79 Å². The molecule has 5 heteroatoms. The minimum atomic E-state index is -0.440. The third-order valence-electron chi connectivity index (χ3n) is 1.86. The first-order chi connectivity index (χ1) is 7.67. The van der Waals surface area contributed by atoms with Crippen LogP contribution < -0.4 is 10.5 Å². The number of benzene rings is 1. The van der Waals surface area contributed by atoms with Gasteiger partial charge in [0.25, 0.3) is 0 Å². The maximum absolute atomic E-state index is 10.8. The third-order valence-corrected chi connectivity index (χ3v) is 2.16. The van der Waals surface area contributed by atoms with Gasteiger partial charge in [0.15, 0.2) is 0 Å². The van der Waals surface area contributed by atoms with Crippen LogP contribution >= 0.6 is 11.6 Å². The third kappa shape index (κ3) is 3.72. The van der Waals surface area contributed by atoms with E-state index in [2.05, 4.69) is 0 Å². The van der Waals surface area contributed by atoms with Crippen molar-refractivity contribution in [2.24, 2.45) is 5.73 Å². The number of hydrogen-bond donors (Lipinski definition) is 1. The topological polar surface area (TPSA) is 61.5 Å². The summed E-state index contributed by atoms with van der Waals surface area (Å²) in [5.74, 6) is 0.183. The molecular weight excluding hydrogens is 230 g/mol. The van der Waals surface area contributed by atoms with Gasteiger partial charge in [-0.15, -0.1) is 0 Å². The fourth-order valence-corrected chi connectivity index (χ4v) is 1.39. The molecular formula is C11H14ClNO3. The molecule has 2 N–H and O–H groups in total. The number of rotatable bonds is 5. The van der Waals surface area contributed by atoms with Crippen LogP contribution in [0.3, 0.4) is 0 Å². The minimum Gasteiger partial charge on any atom is -0.492 e. The van der Waals surface area contributed by atoms with Crippen molar-refractivity contribution in [3.05, 3.63) is 28.8 Å². The fourth-order valence-electron chi connectivity index (χ4n) is 1.13. The first-order valence-corrected chi connectivity index (χ1v) is 5.32. The molecule has 0 heterocycles. The Hall–Kier alpha value is -1.26. The molecule has 0 aromatic heterocycles. The average Bonchev–Trinajstić information content (AvgIpc) is 2.29. The van der Waals surface area contributed by atoms with Gasteiger partial charge < -0.3 is 15.2 Å². The highest BCUT2D eigenvalue weighted by atomic mass is 35.5. The van der Waals surface area contributed by atoms with Crippen molar-refractivity contribution >= 4 is 17.6 Å². The normalized spacial score (nSPS) is 9.94. The van der Waals surface area contributed by atoms with Crippen molar-refractivity contribution in [1.29, 1.82) is 0 Å². The molecule has 0 unspecified atom stereocenters. The van der Waals surface area contributed by atoms with Crippen LogP contribution in [0.5, 0.6) is 5.75 Å². The summed E-state index contributed by atoms with van der Waals surface area (Å²) in [7, 11) is 0. The molecule has 16 heavy (non-hydrogen) atoms. The van der Waals surface area contributed by atoms with Crippen LogP contribution in [0.25, 0.3) is 0 Å². The second-order valence-electron chi connectivity index (χ2n) is 3.06. The van der Waals surface area contributed by atoms with E-state index in [1.165, 1.54) is 0 Å². The Labute approximate surface area is 99.3 Å². The Kier molecular flexibility index (Phi) is 5.08. The zero-order valence-corrected chi connectivity index (χ0v) is 9.79. The summed E-state index contributed by atoms with van der Waals surface area (Å²) < 4.78 is 10.1. The van der Waals surface area contributed by atoms with E-state index in [1.54, 1.807) is 18.2 Å². The van der Waals surface area contributed by atoms with Crippen LogP contribution in [0, 0.1) is 0 Å². The van der Waals surface area contributed by atoms with Crippen LogP contribution in [0.4, 0.5) is 0 Å². The van der Waals surface area contributed by atoms with Gasteiger partial charge in [0.1, 0.15) is 12.4 Å². The monoisotopic (exact) mass is 243 g/mol. The van der Waals surface area contributed by atoms with Gasteiger partial charge in [-0.1, -0.05) is 17.7 Å². The molecule has 0 saturated carbocycles. The van der Waals surface area contributed by atoms with Crippen molar-refractivity contribution in [1.82, 2.24) is 0 Å². The molecule has 0 spiro atoms. The molecule has 4 nitrogen and oxygen atoms in total. The highest BCUT2D eigenvalue weighted by Crippen LogP contribution is 2.25. The second-order valence-corrected chi connectivity index (χ2v) is 3.47. The smallest absolute Gasteiger partial charge is 0.320 e. The lowest BCUT2D eigenvalue weighted by Crippen LogP contribution is -2.16. The number of nitrogens with two attached hydrogens (primary N) is 1. The Morgan fingerprint density at radius 1 is 1.50 bits per heavy atom. The van der Waals surface area contributed by atoms with E-state index < -0.39 is 5.97 Å². The van der Waals surface area contributed by atoms with Gasteiger partial charge in [-0.2, -0.15) is 0 Å². The zero-order valence-electron chi connectivity index (χ0n) is 9.03. The fraction of sp³-hybridized carbons (Fsp3) is 0.364.